The first-order chi connectivity index (χ1) is 6.15. The summed E-state index contributed by atoms with van der Waals surface area (Å²) in [4.78, 5) is 0. The van der Waals surface area contributed by atoms with Crippen LogP contribution in [0.25, 0.3) is 0 Å². The number of hydrogen-bond donors (Lipinski definition) is 1. The van der Waals surface area contributed by atoms with Crippen molar-refractivity contribution in [2.45, 2.75) is 13.2 Å². The van der Waals surface area contributed by atoms with Gasteiger partial charge in [0.15, 0.2) is 0 Å². The molecule has 0 atom stereocenters. The van der Waals surface area contributed by atoms with Gasteiger partial charge in [0.05, 0.1) is 5.02 Å². The number of halogens is 3. The SMILES string of the molecule is NCc1cccc(Cl)c1OC(F)F. The van der Waals surface area contributed by atoms with Crippen LogP contribution in [-0.2, 0) is 6.54 Å². The third kappa shape index (κ3) is 2.54. The zero-order valence-corrected chi connectivity index (χ0v) is 7.39. The first-order valence-corrected chi connectivity index (χ1v) is 3.95. The molecule has 0 unspecified atom stereocenters. The zero-order chi connectivity index (χ0) is 9.84. The van der Waals surface area contributed by atoms with Crippen LogP contribution in [0.3, 0.4) is 0 Å². The summed E-state index contributed by atoms with van der Waals surface area (Å²) in [6, 6.07) is 4.69. The zero-order valence-electron chi connectivity index (χ0n) is 6.64. The monoisotopic (exact) mass is 207 g/mol. The van der Waals surface area contributed by atoms with Crippen LogP contribution in [0.15, 0.2) is 18.2 Å². The fraction of sp³-hybridized carbons (Fsp3) is 0.250. The molecule has 0 saturated heterocycles. The summed E-state index contributed by atoms with van der Waals surface area (Å²) in [7, 11) is 0. The Bertz CT molecular complexity index is 293. The van der Waals surface area contributed by atoms with Crippen molar-refractivity contribution in [2.75, 3.05) is 0 Å². The maximum atomic E-state index is 11.9. The van der Waals surface area contributed by atoms with Crippen molar-refractivity contribution in [2.24, 2.45) is 5.73 Å². The van der Waals surface area contributed by atoms with Gasteiger partial charge in [-0.15, -0.1) is 0 Å². The van der Waals surface area contributed by atoms with Gasteiger partial charge in [0.1, 0.15) is 5.75 Å². The van der Waals surface area contributed by atoms with E-state index in [0.717, 1.165) is 0 Å². The van der Waals surface area contributed by atoms with Crippen LogP contribution in [0.5, 0.6) is 5.75 Å². The number of rotatable bonds is 3. The van der Waals surface area contributed by atoms with E-state index in [4.69, 9.17) is 17.3 Å². The van der Waals surface area contributed by atoms with Crippen molar-refractivity contribution in [3.8, 4) is 5.75 Å². The van der Waals surface area contributed by atoms with Gasteiger partial charge in [0.2, 0.25) is 0 Å². The molecule has 1 rings (SSSR count). The van der Waals surface area contributed by atoms with Crippen LogP contribution in [0.2, 0.25) is 5.02 Å². The number of para-hydroxylation sites is 1. The second-order valence-electron chi connectivity index (χ2n) is 2.31. The smallest absolute Gasteiger partial charge is 0.387 e. The van der Waals surface area contributed by atoms with Gasteiger partial charge in [0.25, 0.3) is 0 Å². The second-order valence-corrected chi connectivity index (χ2v) is 2.72. The van der Waals surface area contributed by atoms with Crippen molar-refractivity contribution in [1.29, 1.82) is 0 Å². The average Bonchev–Trinajstić information content (AvgIpc) is 2.08. The van der Waals surface area contributed by atoms with Gasteiger partial charge in [-0.25, -0.2) is 0 Å². The van der Waals surface area contributed by atoms with Gasteiger partial charge < -0.3 is 10.5 Å². The highest BCUT2D eigenvalue weighted by molar-refractivity contribution is 6.32. The molecule has 13 heavy (non-hydrogen) atoms. The minimum absolute atomic E-state index is 0.0401. The third-order valence-corrected chi connectivity index (χ3v) is 1.77. The molecule has 0 saturated carbocycles. The molecular formula is C8H8ClF2NO. The summed E-state index contributed by atoms with van der Waals surface area (Å²) in [5.41, 5.74) is 5.78. The summed E-state index contributed by atoms with van der Waals surface area (Å²) in [5.74, 6) is -0.0401. The predicted octanol–water partition coefficient (Wildman–Crippen LogP) is 2.40. The van der Waals surface area contributed by atoms with Crippen molar-refractivity contribution in [1.82, 2.24) is 0 Å². The Balaban J connectivity index is 3.00. The average molecular weight is 208 g/mol. The largest absolute Gasteiger partial charge is 0.433 e. The van der Waals surface area contributed by atoms with Gasteiger partial charge in [-0.1, -0.05) is 23.7 Å². The summed E-state index contributed by atoms with van der Waals surface area (Å²) >= 11 is 5.64. The second kappa shape index (κ2) is 4.39. The van der Waals surface area contributed by atoms with Crippen molar-refractivity contribution in [3.05, 3.63) is 28.8 Å². The van der Waals surface area contributed by atoms with Gasteiger partial charge in [-0.2, -0.15) is 8.78 Å². The normalized spacial score (nSPS) is 10.5. The summed E-state index contributed by atoms with van der Waals surface area (Å²) < 4.78 is 28.0. The van der Waals surface area contributed by atoms with E-state index in [0.29, 0.717) is 5.56 Å². The van der Waals surface area contributed by atoms with E-state index in [1.165, 1.54) is 6.07 Å². The van der Waals surface area contributed by atoms with Crippen LogP contribution < -0.4 is 10.5 Å². The van der Waals surface area contributed by atoms with Gasteiger partial charge in [-0.05, 0) is 6.07 Å². The highest BCUT2D eigenvalue weighted by Gasteiger charge is 2.11. The predicted molar refractivity (Wildman–Crippen MR) is 46.0 cm³/mol. The Kier molecular flexibility index (Phi) is 3.45. The maximum absolute atomic E-state index is 11.9. The molecule has 5 heteroatoms. The maximum Gasteiger partial charge on any atom is 0.387 e. The first kappa shape index (κ1) is 10.2. The molecule has 0 aliphatic carbocycles. The third-order valence-electron chi connectivity index (χ3n) is 1.48. The fourth-order valence-electron chi connectivity index (χ4n) is 0.935. The molecule has 0 fully saturated rings. The van der Waals surface area contributed by atoms with Crippen LogP contribution in [0.4, 0.5) is 8.78 Å². The minimum atomic E-state index is -2.88. The number of ether oxygens (including phenoxy) is 1. The number of nitrogens with two attached hydrogens (primary N) is 1. The van der Waals surface area contributed by atoms with Crippen LogP contribution in [0, 0.1) is 0 Å². The first-order valence-electron chi connectivity index (χ1n) is 3.57. The van der Waals surface area contributed by atoms with Gasteiger partial charge in [0, 0.05) is 12.1 Å². The van der Waals surface area contributed by atoms with E-state index >= 15 is 0 Å². The molecule has 2 nitrogen and oxygen atoms in total. The lowest BCUT2D eigenvalue weighted by Gasteiger charge is -2.10. The molecule has 0 spiro atoms. The molecule has 1 aromatic carbocycles. The fourth-order valence-corrected chi connectivity index (χ4v) is 1.17. The molecule has 0 amide bonds. The Morgan fingerprint density at radius 3 is 2.69 bits per heavy atom. The number of alkyl halides is 2. The minimum Gasteiger partial charge on any atom is -0.433 e. The molecular weight excluding hydrogens is 200 g/mol. The highest BCUT2D eigenvalue weighted by atomic mass is 35.5. The Morgan fingerprint density at radius 2 is 2.15 bits per heavy atom. The lowest BCUT2D eigenvalue weighted by atomic mass is 10.2. The summed E-state index contributed by atoms with van der Waals surface area (Å²) in [6.45, 7) is -2.77. The van der Waals surface area contributed by atoms with E-state index in [9.17, 15) is 8.78 Å². The number of hydrogen-bond acceptors (Lipinski definition) is 2. The topological polar surface area (TPSA) is 35.2 Å². The van der Waals surface area contributed by atoms with Crippen LogP contribution >= 0.6 is 11.6 Å². The van der Waals surface area contributed by atoms with E-state index in [2.05, 4.69) is 4.74 Å². The molecule has 0 aliphatic rings. The summed E-state index contributed by atoms with van der Waals surface area (Å²) in [6.07, 6.45) is 0. The van der Waals surface area contributed by atoms with Crippen LogP contribution in [-0.4, -0.2) is 6.61 Å². The Labute approximate surface area is 79.2 Å². The molecule has 0 bridgehead atoms. The van der Waals surface area contributed by atoms with E-state index in [1.807, 2.05) is 0 Å². The van der Waals surface area contributed by atoms with Gasteiger partial charge >= 0.3 is 6.61 Å². The molecule has 1 aromatic rings. The quantitative estimate of drug-likeness (QED) is 0.826. The molecule has 72 valence electrons. The Hall–Kier alpha value is -0.870. The van der Waals surface area contributed by atoms with E-state index in [1.54, 1.807) is 12.1 Å². The molecule has 0 aromatic heterocycles. The lowest BCUT2D eigenvalue weighted by Crippen LogP contribution is -2.07. The summed E-state index contributed by atoms with van der Waals surface area (Å²) in [5, 5.41) is 0.142. The molecule has 0 radical (unpaired) electrons. The Morgan fingerprint density at radius 1 is 1.46 bits per heavy atom. The molecule has 0 aliphatic heterocycles. The lowest BCUT2D eigenvalue weighted by molar-refractivity contribution is -0.0503. The number of benzene rings is 1. The van der Waals surface area contributed by atoms with Crippen molar-refractivity contribution >= 4 is 11.6 Å². The van der Waals surface area contributed by atoms with E-state index in [-0.39, 0.29) is 17.3 Å². The van der Waals surface area contributed by atoms with E-state index < -0.39 is 6.61 Å². The van der Waals surface area contributed by atoms with Crippen molar-refractivity contribution in [3.63, 3.8) is 0 Å². The van der Waals surface area contributed by atoms with Crippen molar-refractivity contribution < 1.29 is 13.5 Å². The highest BCUT2D eigenvalue weighted by Crippen LogP contribution is 2.29. The van der Waals surface area contributed by atoms with Crippen LogP contribution in [0.1, 0.15) is 5.56 Å². The van der Waals surface area contributed by atoms with Gasteiger partial charge in [-0.3, -0.25) is 0 Å². The standard InChI is InChI=1S/C8H8ClF2NO/c9-6-3-1-2-5(4-12)7(6)13-8(10)11/h1-3,8H,4,12H2. The molecule has 2 N–H and O–H groups in total. The molecule has 0 heterocycles.